The summed E-state index contributed by atoms with van der Waals surface area (Å²) >= 11 is 7.78. The van der Waals surface area contributed by atoms with Crippen molar-refractivity contribution in [3.63, 3.8) is 0 Å². The summed E-state index contributed by atoms with van der Waals surface area (Å²) in [5.74, 6) is 1.33. The Morgan fingerprint density at radius 3 is 2.48 bits per heavy atom. The van der Waals surface area contributed by atoms with Crippen LogP contribution in [-0.2, 0) is 0 Å². The van der Waals surface area contributed by atoms with Gasteiger partial charge in [0.05, 0.1) is 18.7 Å². The minimum Gasteiger partial charge on any atom is -0.497 e. The first-order valence-corrected chi connectivity index (χ1v) is 11.1. The molecule has 29 heavy (non-hydrogen) atoms. The number of hydrogen-bond donors (Lipinski definition) is 1. The van der Waals surface area contributed by atoms with Crippen LogP contribution >= 0.6 is 22.9 Å². The lowest BCUT2D eigenvalue weighted by Gasteiger charge is -2.08. The predicted molar refractivity (Wildman–Crippen MR) is 122 cm³/mol. The van der Waals surface area contributed by atoms with Gasteiger partial charge in [-0.05, 0) is 48.9 Å². The summed E-state index contributed by atoms with van der Waals surface area (Å²) in [7, 11) is 1.61. The van der Waals surface area contributed by atoms with Crippen molar-refractivity contribution in [2.24, 2.45) is 0 Å². The van der Waals surface area contributed by atoms with Crippen molar-refractivity contribution in [1.29, 1.82) is 0 Å². The van der Waals surface area contributed by atoms with Crippen LogP contribution in [0, 0.1) is 0 Å². The summed E-state index contributed by atoms with van der Waals surface area (Å²) in [6.45, 7) is 2.93. The van der Waals surface area contributed by atoms with Gasteiger partial charge in [-0.3, -0.25) is 4.79 Å². The van der Waals surface area contributed by atoms with Gasteiger partial charge in [-0.1, -0.05) is 44.2 Å². The molecule has 0 radical (unpaired) electrons. The van der Waals surface area contributed by atoms with E-state index in [9.17, 15) is 4.79 Å². The van der Waals surface area contributed by atoms with Crippen LogP contribution in [0.4, 0.5) is 5.69 Å². The fourth-order valence-corrected chi connectivity index (χ4v) is 4.48. The van der Waals surface area contributed by atoms with Crippen LogP contribution in [0.2, 0.25) is 5.02 Å². The van der Waals surface area contributed by atoms with Crippen LogP contribution in [0.15, 0.2) is 42.5 Å². The molecular weight excluding hydrogens is 406 g/mol. The zero-order valence-electron chi connectivity index (χ0n) is 16.8. The molecule has 0 saturated carbocycles. The molecule has 3 rings (SSSR count). The minimum absolute atomic E-state index is 0.222. The highest BCUT2D eigenvalue weighted by atomic mass is 35.5. The summed E-state index contributed by atoms with van der Waals surface area (Å²) in [5, 5.41) is 4.22. The summed E-state index contributed by atoms with van der Waals surface area (Å²) < 4.78 is 11.9. The molecule has 0 unspecified atom stereocenters. The highest BCUT2D eigenvalue weighted by Crippen LogP contribution is 2.37. The number of unbranched alkanes of at least 4 members (excludes halogenated alkanes) is 4. The van der Waals surface area contributed by atoms with Crippen molar-refractivity contribution in [2.75, 3.05) is 19.0 Å². The van der Waals surface area contributed by atoms with Gasteiger partial charge in [-0.15, -0.1) is 11.3 Å². The molecule has 1 N–H and O–H groups in total. The minimum atomic E-state index is -0.222. The fraction of sp³-hybridized carbons (Fsp3) is 0.348. The fourth-order valence-electron chi connectivity index (χ4n) is 3.04. The van der Waals surface area contributed by atoms with E-state index in [4.69, 9.17) is 21.1 Å². The van der Waals surface area contributed by atoms with Gasteiger partial charge in [-0.2, -0.15) is 0 Å². The molecule has 2 aromatic carbocycles. The SMILES string of the molecule is CCCCCCCOc1ccc(NC(=O)c2sc3cc(OC)ccc3c2Cl)cc1. The standard InChI is InChI=1S/C23H26ClNO3S/c1-3-4-5-6-7-14-28-17-10-8-16(9-11-17)25-23(26)22-21(24)19-13-12-18(27-2)15-20(19)29-22/h8-13,15H,3-7,14H2,1-2H3,(H,25,26). The molecule has 6 heteroatoms. The smallest absolute Gasteiger partial charge is 0.267 e. The molecular formula is C23H26ClNO3S. The second-order valence-electron chi connectivity index (χ2n) is 6.85. The first-order chi connectivity index (χ1) is 14.1. The van der Waals surface area contributed by atoms with Crippen molar-refractivity contribution in [2.45, 2.75) is 39.0 Å². The zero-order valence-corrected chi connectivity index (χ0v) is 18.4. The summed E-state index contributed by atoms with van der Waals surface area (Å²) in [5.41, 5.74) is 0.705. The molecule has 154 valence electrons. The Bertz CT molecular complexity index is 953. The number of hydrogen-bond acceptors (Lipinski definition) is 4. The number of carbonyl (C=O) groups is 1. The topological polar surface area (TPSA) is 47.6 Å². The Labute approximate surface area is 180 Å². The van der Waals surface area contributed by atoms with Gasteiger partial charge in [0.15, 0.2) is 0 Å². The van der Waals surface area contributed by atoms with E-state index >= 15 is 0 Å². The maximum atomic E-state index is 12.7. The van der Waals surface area contributed by atoms with Crippen molar-refractivity contribution >= 4 is 44.6 Å². The van der Waals surface area contributed by atoms with Gasteiger partial charge in [0, 0.05) is 15.8 Å². The zero-order chi connectivity index (χ0) is 20.6. The highest BCUT2D eigenvalue weighted by molar-refractivity contribution is 7.21. The number of ether oxygens (including phenoxy) is 2. The van der Waals surface area contributed by atoms with Gasteiger partial charge >= 0.3 is 0 Å². The van der Waals surface area contributed by atoms with Gasteiger partial charge in [0.1, 0.15) is 16.4 Å². The average molecular weight is 432 g/mol. The number of fused-ring (bicyclic) bond motifs is 1. The Balaban J connectivity index is 1.58. The maximum Gasteiger partial charge on any atom is 0.267 e. The van der Waals surface area contributed by atoms with E-state index in [-0.39, 0.29) is 5.91 Å². The van der Waals surface area contributed by atoms with E-state index in [1.807, 2.05) is 42.5 Å². The molecule has 0 aliphatic rings. The third kappa shape index (κ3) is 5.64. The first-order valence-electron chi connectivity index (χ1n) is 9.92. The number of nitrogens with one attached hydrogen (secondary N) is 1. The van der Waals surface area contributed by atoms with E-state index in [0.29, 0.717) is 15.6 Å². The molecule has 1 heterocycles. The number of amides is 1. The summed E-state index contributed by atoms with van der Waals surface area (Å²) in [6, 6.07) is 13.0. The number of anilines is 1. The molecule has 0 saturated heterocycles. The third-order valence-electron chi connectivity index (χ3n) is 4.67. The second-order valence-corrected chi connectivity index (χ2v) is 8.28. The largest absolute Gasteiger partial charge is 0.497 e. The summed E-state index contributed by atoms with van der Waals surface area (Å²) in [6.07, 6.45) is 6.05. The van der Waals surface area contributed by atoms with Crippen molar-refractivity contribution in [3.8, 4) is 11.5 Å². The molecule has 0 aliphatic carbocycles. The average Bonchev–Trinajstić information content (AvgIpc) is 3.07. The van der Waals surface area contributed by atoms with E-state index in [1.165, 1.54) is 37.0 Å². The van der Waals surface area contributed by atoms with Crippen molar-refractivity contribution in [1.82, 2.24) is 0 Å². The van der Waals surface area contributed by atoms with E-state index in [0.717, 1.165) is 34.6 Å². The Hall–Kier alpha value is -2.24. The van der Waals surface area contributed by atoms with E-state index in [2.05, 4.69) is 12.2 Å². The maximum absolute atomic E-state index is 12.7. The number of carbonyl (C=O) groups excluding carboxylic acids is 1. The number of rotatable bonds is 10. The van der Waals surface area contributed by atoms with Crippen molar-refractivity contribution in [3.05, 3.63) is 52.4 Å². The monoisotopic (exact) mass is 431 g/mol. The van der Waals surface area contributed by atoms with Crippen molar-refractivity contribution < 1.29 is 14.3 Å². The lowest BCUT2D eigenvalue weighted by molar-refractivity contribution is 0.103. The number of methoxy groups -OCH3 is 1. The predicted octanol–water partition coefficient (Wildman–Crippen LogP) is 7.16. The van der Waals surface area contributed by atoms with Crippen LogP contribution in [-0.4, -0.2) is 19.6 Å². The lowest BCUT2D eigenvalue weighted by Crippen LogP contribution is -2.10. The molecule has 3 aromatic rings. The highest BCUT2D eigenvalue weighted by Gasteiger charge is 2.17. The molecule has 1 amide bonds. The Kier molecular flexibility index (Phi) is 7.78. The van der Waals surface area contributed by atoms with Gasteiger partial charge in [0.25, 0.3) is 5.91 Å². The third-order valence-corrected chi connectivity index (χ3v) is 6.33. The number of thiophene rings is 1. The second kappa shape index (κ2) is 10.5. The Morgan fingerprint density at radius 2 is 1.76 bits per heavy atom. The van der Waals surface area contributed by atoms with Crippen LogP contribution in [0.5, 0.6) is 11.5 Å². The van der Waals surface area contributed by atoms with Gasteiger partial charge in [-0.25, -0.2) is 0 Å². The van der Waals surface area contributed by atoms with Gasteiger partial charge < -0.3 is 14.8 Å². The molecule has 0 spiro atoms. The van der Waals surface area contributed by atoms with Crippen LogP contribution < -0.4 is 14.8 Å². The molecule has 0 atom stereocenters. The van der Waals surface area contributed by atoms with Gasteiger partial charge in [0.2, 0.25) is 0 Å². The normalized spacial score (nSPS) is 10.9. The van der Waals surface area contributed by atoms with Crippen LogP contribution in [0.1, 0.15) is 48.7 Å². The molecule has 4 nitrogen and oxygen atoms in total. The Morgan fingerprint density at radius 1 is 1.03 bits per heavy atom. The quantitative estimate of drug-likeness (QED) is 0.346. The molecule has 0 bridgehead atoms. The molecule has 0 aliphatic heterocycles. The molecule has 1 aromatic heterocycles. The summed E-state index contributed by atoms with van der Waals surface area (Å²) in [4.78, 5) is 13.2. The van der Waals surface area contributed by atoms with Crippen LogP contribution in [0.3, 0.4) is 0 Å². The molecule has 0 fully saturated rings. The number of halogens is 1. The van der Waals surface area contributed by atoms with E-state index < -0.39 is 0 Å². The number of benzene rings is 2. The lowest BCUT2D eigenvalue weighted by atomic mass is 10.2. The van der Waals surface area contributed by atoms with Crippen LogP contribution in [0.25, 0.3) is 10.1 Å². The first kappa shape index (κ1) is 21.5. The van der Waals surface area contributed by atoms with E-state index in [1.54, 1.807) is 7.11 Å².